The van der Waals surface area contributed by atoms with E-state index < -0.39 is 0 Å². The Morgan fingerprint density at radius 3 is 2.41 bits per heavy atom. The molecule has 32 heavy (non-hydrogen) atoms. The van der Waals surface area contributed by atoms with Crippen LogP contribution in [0.15, 0.2) is 60.7 Å². The van der Waals surface area contributed by atoms with E-state index in [1.807, 2.05) is 36.4 Å². The zero-order valence-corrected chi connectivity index (χ0v) is 18.1. The van der Waals surface area contributed by atoms with Crippen LogP contribution in [0.4, 0.5) is 10.6 Å². The van der Waals surface area contributed by atoms with Gasteiger partial charge in [-0.3, -0.25) is 0 Å². The van der Waals surface area contributed by atoms with Crippen molar-refractivity contribution in [2.75, 3.05) is 18.8 Å². The molecule has 1 heterocycles. The second-order valence-electron chi connectivity index (χ2n) is 8.28. The van der Waals surface area contributed by atoms with Crippen LogP contribution in [0, 0.1) is 11.3 Å². The van der Waals surface area contributed by atoms with Crippen LogP contribution in [0.2, 0.25) is 0 Å². The zero-order chi connectivity index (χ0) is 22.4. The molecule has 164 valence electrons. The summed E-state index contributed by atoms with van der Waals surface area (Å²) in [6.07, 6.45) is 4.61. The molecule has 0 bridgehead atoms. The Hall–Kier alpha value is -3.79. The molecule has 1 aliphatic carbocycles. The molecule has 0 saturated heterocycles. The van der Waals surface area contributed by atoms with Crippen molar-refractivity contribution in [1.29, 1.82) is 5.26 Å². The van der Waals surface area contributed by atoms with Gasteiger partial charge in [-0.2, -0.15) is 10.4 Å². The number of amides is 2. The largest absolute Gasteiger partial charge is 0.382 e. The lowest BCUT2D eigenvalue weighted by molar-refractivity contribution is 0.215. The van der Waals surface area contributed by atoms with E-state index in [-0.39, 0.29) is 11.4 Å². The molecular weight excluding hydrogens is 400 g/mol. The van der Waals surface area contributed by atoms with Crippen LogP contribution in [0.1, 0.15) is 42.5 Å². The number of benzene rings is 2. The van der Waals surface area contributed by atoms with E-state index >= 15 is 0 Å². The number of nitrogens with zero attached hydrogens (tertiary/aromatic N) is 3. The summed E-state index contributed by atoms with van der Waals surface area (Å²) in [6, 6.07) is 21.9. The fourth-order valence-electron chi connectivity index (χ4n) is 4.27. The standard InChI is InChI=1S/C25H28N6O/c26-17-21-22(30-31(23(21)27)20-11-5-2-6-12-20)13-7-16-28-24(32)29-18-25(14-8-15-25)19-9-3-1-4-10-19/h1-6,9-12H,7-8,13-16,18,27H2,(H2,28,29,32). The van der Waals surface area contributed by atoms with Gasteiger partial charge in [0.2, 0.25) is 0 Å². The Balaban J connectivity index is 1.27. The van der Waals surface area contributed by atoms with Gasteiger partial charge in [0, 0.05) is 18.5 Å². The third kappa shape index (κ3) is 4.45. The number of urea groups is 1. The minimum absolute atomic E-state index is 0.0576. The van der Waals surface area contributed by atoms with Crippen LogP contribution in [0.25, 0.3) is 5.69 Å². The normalized spacial score (nSPS) is 14.2. The molecule has 0 unspecified atom stereocenters. The van der Waals surface area contributed by atoms with Gasteiger partial charge in [0.1, 0.15) is 17.5 Å². The zero-order valence-electron chi connectivity index (χ0n) is 18.1. The molecule has 0 spiro atoms. The smallest absolute Gasteiger partial charge is 0.314 e. The summed E-state index contributed by atoms with van der Waals surface area (Å²) in [5.74, 6) is 0.339. The van der Waals surface area contributed by atoms with Crippen molar-refractivity contribution in [3.63, 3.8) is 0 Å². The molecule has 2 aromatic carbocycles. The monoisotopic (exact) mass is 428 g/mol. The van der Waals surface area contributed by atoms with Crippen molar-refractivity contribution >= 4 is 11.8 Å². The highest BCUT2D eigenvalue weighted by Crippen LogP contribution is 2.43. The predicted octanol–water partition coefficient (Wildman–Crippen LogP) is 3.68. The quantitative estimate of drug-likeness (QED) is 0.476. The number of hydrogen-bond acceptors (Lipinski definition) is 4. The van der Waals surface area contributed by atoms with E-state index in [4.69, 9.17) is 5.73 Å². The van der Waals surface area contributed by atoms with Crippen molar-refractivity contribution in [3.05, 3.63) is 77.5 Å². The molecular formula is C25H28N6O. The SMILES string of the molecule is N#Cc1c(CCCNC(=O)NCC2(c3ccccc3)CCC2)nn(-c2ccccc2)c1N. The minimum Gasteiger partial charge on any atom is -0.382 e. The van der Waals surface area contributed by atoms with Crippen LogP contribution in [0.3, 0.4) is 0 Å². The third-order valence-corrected chi connectivity index (χ3v) is 6.27. The first-order valence-electron chi connectivity index (χ1n) is 11.0. The molecule has 4 N–H and O–H groups in total. The number of nitrogens with one attached hydrogen (secondary N) is 2. The first-order chi connectivity index (χ1) is 15.6. The van der Waals surface area contributed by atoms with Crippen molar-refractivity contribution in [2.24, 2.45) is 0 Å². The summed E-state index contributed by atoms with van der Waals surface area (Å²) < 4.78 is 1.59. The van der Waals surface area contributed by atoms with Crippen molar-refractivity contribution in [1.82, 2.24) is 20.4 Å². The van der Waals surface area contributed by atoms with Gasteiger partial charge >= 0.3 is 6.03 Å². The number of nitrogens with two attached hydrogens (primary N) is 1. The van der Waals surface area contributed by atoms with Crippen LogP contribution in [-0.2, 0) is 11.8 Å². The van der Waals surface area contributed by atoms with Gasteiger partial charge in [-0.1, -0.05) is 55.0 Å². The lowest BCUT2D eigenvalue weighted by atomic mass is 9.64. The highest BCUT2D eigenvalue weighted by Gasteiger charge is 2.38. The van der Waals surface area contributed by atoms with Gasteiger partial charge < -0.3 is 16.4 Å². The van der Waals surface area contributed by atoms with Crippen LogP contribution < -0.4 is 16.4 Å². The lowest BCUT2D eigenvalue weighted by Crippen LogP contribution is -2.48. The number of carbonyl (C=O) groups is 1. The summed E-state index contributed by atoms with van der Waals surface area (Å²) in [7, 11) is 0. The number of carbonyl (C=O) groups excluding carboxylic acids is 1. The second kappa shape index (κ2) is 9.56. The van der Waals surface area contributed by atoms with Crippen LogP contribution in [-0.4, -0.2) is 28.9 Å². The molecule has 7 heteroatoms. The number of aromatic nitrogens is 2. The van der Waals surface area contributed by atoms with Crippen molar-refractivity contribution < 1.29 is 4.79 Å². The number of para-hydroxylation sites is 1. The summed E-state index contributed by atoms with van der Waals surface area (Å²) in [6.45, 7) is 1.13. The number of hydrogen-bond donors (Lipinski definition) is 3. The molecule has 1 saturated carbocycles. The summed E-state index contributed by atoms with van der Waals surface area (Å²) in [4.78, 5) is 12.3. The molecule has 0 aliphatic heterocycles. The van der Waals surface area contributed by atoms with Gasteiger partial charge in [-0.25, -0.2) is 9.48 Å². The first-order valence-corrected chi connectivity index (χ1v) is 11.0. The Morgan fingerprint density at radius 2 is 1.78 bits per heavy atom. The molecule has 1 aromatic heterocycles. The summed E-state index contributed by atoms with van der Waals surface area (Å²) in [5.41, 5.74) is 9.35. The molecule has 1 aliphatic rings. The predicted molar refractivity (Wildman–Crippen MR) is 124 cm³/mol. The van der Waals surface area contributed by atoms with E-state index in [9.17, 15) is 10.1 Å². The Kier molecular flexibility index (Phi) is 6.41. The number of nitriles is 1. The average molecular weight is 429 g/mol. The van der Waals surface area contributed by atoms with E-state index in [0.29, 0.717) is 43.0 Å². The number of rotatable bonds is 8. The van der Waals surface area contributed by atoms with Gasteiger partial charge in [0.05, 0.1) is 11.4 Å². The Morgan fingerprint density at radius 1 is 1.09 bits per heavy atom. The molecule has 7 nitrogen and oxygen atoms in total. The van der Waals surface area contributed by atoms with E-state index in [2.05, 4.69) is 46.1 Å². The molecule has 0 radical (unpaired) electrons. The maximum atomic E-state index is 12.3. The van der Waals surface area contributed by atoms with Crippen LogP contribution >= 0.6 is 0 Å². The van der Waals surface area contributed by atoms with Crippen molar-refractivity contribution in [3.8, 4) is 11.8 Å². The Bertz CT molecular complexity index is 1100. The van der Waals surface area contributed by atoms with Crippen LogP contribution in [0.5, 0.6) is 0 Å². The lowest BCUT2D eigenvalue weighted by Gasteiger charge is -2.42. The Labute approximate surface area is 188 Å². The average Bonchev–Trinajstić information content (AvgIpc) is 3.12. The summed E-state index contributed by atoms with van der Waals surface area (Å²) in [5, 5.41) is 20.0. The van der Waals surface area contributed by atoms with Crippen molar-refractivity contribution in [2.45, 2.75) is 37.5 Å². The van der Waals surface area contributed by atoms with Gasteiger partial charge in [-0.15, -0.1) is 0 Å². The third-order valence-electron chi connectivity index (χ3n) is 6.27. The van der Waals surface area contributed by atoms with Gasteiger partial charge in [0.15, 0.2) is 0 Å². The fraction of sp³-hybridized carbons (Fsp3) is 0.320. The van der Waals surface area contributed by atoms with Gasteiger partial charge in [0.25, 0.3) is 0 Å². The number of anilines is 1. The second-order valence-corrected chi connectivity index (χ2v) is 8.28. The molecule has 4 rings (SSSR count). The van der Waals surface area contributed by atoms with E-state index in [1.54, 1.807) is 4.68 Å². The molecule has 3 aromatic rings. The maximum absolute atomic E-state index is 12.3. The molecule has 1 fully saturated rings. The van der Waals surface area contributed by atoms with E-state index in [1.165, 1.54) is 12.0 Å². The first kappa shape index (κ1) is 21.4. The molecule has 2 amide bonds. The number of aryl methyl sites for hydroxylation is 1. The minimum atomic E-state index is -0.165. The van der Waals surface area contributed by atoms with E-state index in [0.717, 1.165) is 18.5 Å². The van der Waals surface area contributed by atoms with Gasteiger partial charge in [-0.05, 0) is 43.4 Å². The summed E-state index contributed by atoms with van der Waals surface area (Å²) >= 11 is 0. The fourth-order valence-corrected chi connectivity index (χ4v) is 4.27. The highest BCUT2D eigenvalue weighted by molar-refractivity contribution is 5.74. The topological polar surface area (TPSA) is 109 Å². The molecule has 0 atom stereocenters. The maximum Gasteiger partial charge on any atom is 0.314 e. The highest BCUT2D eigenvalue weighted by atomic mass is 16.2. The number of nitrogen functional groups attached to an aromatic ring is 1.